The van der Waals surface area contributed by atoms with Crippen molar-refractivity contribution in [3.63, 3.8) is 0 Å². The van der Waals surface area contributed by atoms with Gasteiger partial charge < -0.3 is 16.2 Å². The maximum atomic E-state index is 12.2. The second-order valence-electron chi connectivity index (χ2n) is 4.89. The van der Waals surface area contributed by atoms with Crippen molar-refractivity contribution in [3.05, 3.63) is 22.7 Å². The van der Waals surface area contributed by atoms with Gasteiger partial charge in [0.15, 0.2) is 0 Å². The van der Waals surface area contributed by atoms with Gasteiger partial charge in [-0.15, -0.1) is 11.3 Å². The number of thiophene rings is 1. The van der Waals surface area contributed by atoms with E-state index >= 15 is 0 Å². The molecule has 0 saturated heterocycles. The van der Waals surface area contributed by atoms with Gasteiger partial charge in [0.25, 0.3) is 5.91 Å². The van der Waals surface area contributed by atoms with Crippen LogP contribution in [0.5, 0.6) is 0 Å². The molecule has 2 aromatic rings. The molecule has 0 aliphatic carbocycles. The minimum absolute atomic E-state index is 0.00770. The van der Waals surface area contributed by atoms with Crippen molar-refractivity contribution in [2.45, 2.75) is 32.7 Å². The van der Waals surface area contributed by atoms with Crippen molar-refractivity contribution in [2.24, 2.45) is 0 Å². The van der Waals surface area contributed by atoms with E-state index in [4.69, 9.17) is 10.8 Å². The van der Waals surface area contributed by atoms with Gasteiger partial charge in [-0.2, -0.15) is 0 Å². The lowest BCUT2D eigenvalue weighted by atomic mass is 10.1. The number of pyridine rings is 1. The summed E-state index contributed by atoms with van der Waals surface area (Å²) in [4.78, 5) is 17.8. The first-order valence-electron chi connectivity index (χ1n) is 6.60. The molecule has 4 N–H and O–H groups in total. The third-order valence-corrected chi connectivity index (χ3v) is 4.33. The van der Waals surface area contributed by atoms with Crippen LogP contribution in [0.25, 0.3) is 10.2 Å². The Bertz CT molecular complexity index is 624. The summed E-state index contributed by atoms with van der Waals surface area (Å²) < 4.78 is 0. The minimum Gasteiger partial charge on any atom is -0.397 e. The van der Waals surface area contributed by atoms with Crippen molar-refractivity contribution in [1.82, 2.24) is 10.3 Å². The SMILES string of the molecule is Cc1ccnc2sc(C(=O)NC(C)CCCO)c(N)c12. The van der Waals surface area contributed by atoms with Crippen LogP contribution in [0.3, 0.4) is 0 Å². The fraction of sp³-hybridized carbons (Fsp3) is 0.429. The summed E-state index contributed by atoms with van der Waals surface area (Å²) in [7, 11) is 0. The van der Waals surface area contributed by atoms with Gasteiger partial charge in [-0.1, -0.05) is 0 Å². The van der Waals surface area contributed by atoms with Crippen molar-refractivity contribution in [2.75, 3.05) is 12.3 Å². The fourth-order valence-electron chi connectivity index (χ4n) is 2.13. The number of carbonyl (C=O) groups excluding carboxylic acids is 1. The highest BCUT2D eigenvalue weighted by atomic mass is 32.1. The monoisotopic (exact) mass is 293 g/mol. The zero-order chi connectivity index (χ0) is 14.7. The minimum atomic E-state index is -0.171. The predicted octanol–water partition coefficient (Wildman–Crippen LogP) is 2.08. The Morgan fingerprint density at radius 3 is 3.00 bits per heavy atom. The normalized spacial score (nSPS) is 12.6. The predicted molar refractivity (Wildman–Crippen MR) is 82.0 cm³/mol. The van der Waals surface area contributed by atoms with Gasteiger partial charge in [-0.05, 0) is 38.3 Å². The lowest BCUT2D eigenvalue weighted by Gasteiger charge is -2.12. The summed E-state index contributed by atoms with van der Waals surface area (Å²) >= 11 is 1.31. The molecule has 20 heavy (non-hydrogen) atoms. The van der Waals surface area contributed by atoms with Crippen LogP contribution < -0.4 is 11.1 Å². The Hall–Kier alpha value is -1.66. The van der Waals surface area contributed by atoms with Gasteiger partial charge in [0.2, 0.25) is 0 Å². The Kier molecular flexibility index (Phi) is 4.57. The Labute approximate surface area is 121 Å². The Morgan fingerprint density at radius 2 is 2.35 bits per heavy atom. The molecule has 1 amide bonds. The smallest absolute Gasteiger partial charge is 0.263 e. The van der Waals surface area contributed by atoms with Crippen molar-refractivity contribution < 1.29 is 9.90 Å². The van der Waals surface area contributed by atoms with Crippen molar-refractivity contribution in [1.29, 1.82) is 0 Å². The van der Waals surface area contributed by atoms with Crippen LogP contribution in [0.1, 0.15) is 35.0 Å². The molecule has 2 rings (SSSR count). The highest BCUT2D eigenvalue weighted by Crippen LogP contribution is 2.34. The number of aryl methyl sites for hydroxylation is 1. The number of fused-ring (bicyclic) bond motifs is 1. The van der Waals surface area contributed by atoms with E-state index in [1.54, 1.807) is 6.20 Å². The van der Waals surface area contributed by atoms with Gasteiger partial charge in [-0.25, -0.2) is 4.98 Å². The number of anilines is 1. The lowest BCUT2D eigenvalue weighted by molar-refractivity contribution is 0.0941. The summed E-state index contributed by atoms with van der Waals surface area (Å²) in [5, 5.41) is 12.6. The first-order valence-corrected chi connectivity index (χ1v) is 7.41. The molecule has 1 unspecified atom stereocenters. The molecular formula is C14H19N3O2S. The fourth-order valence-corrected chi connectivity index (χ4v) is 3.17. The summed E-state index contributed by atoms with van der Waals surface area (Å²) in [6.07, 6.45) is 3.13. The molecule has 0 aromatic carbocycles. The van der Waals surface area contributed by atoms with E-state index in [1.807, 2.05) is 19.9 Å². The van der Waals surface area contributed by atoms with E-state index in [1.165, 1.54) is 11.3 Å². The summed E-state index contributed by atoms with van der Waals surface area (Å²) in [6, 6.07) is 1.89. The van der Waals surface area contributed by atoms with E-state index < -0.39 is 0 Å². The Balaban J connectivity index is 2.22. The number of hydrogen-bond donors (Lipinski definition) is 3. The second-order valence-corrected chi connectivity index (χ2v) is 5.89. The zero-order valence-electron chi connectivity index (χ0n) is 11.6. The molecule has 0 aliphatic heterocycles. The number of nitrogens with zero attached hydrogens (tertiary/aromatic N) is 1. The topological polar surface area (TPSA) is 88.2 Å². The molecule has 5 nitrogen and oxygen atoms in total. The highest BCUT2D eigenvalue weighted by Gasteiger charge is 2.19. The molecule has 0 radical (unpaired) electrons. The number of aliphatic hydroxyl groups excluding tert-OH is 1. The number of aromatic nitrogens is 1. The highest BCUT2D eigenvalue weighted by molar-refractivity contribution is 7.21. The number of aliphatic hydroxyl groups is 1. The summed E-state index contributed by atoms with van der Waals surface area (Å²) in [5.74, 6) is -0.171. The van der Waals surface area contributed by atoms with Crippen LogP contribution in [0.2, 0.25) is 0 Å². The van der Waals surface area contributed by atoms with Crippen molar-refractivity contribution >= 4 is 33.1 Å². The third kappa shape index (κ3) is 2.91. The largest absolute Gasteiger partial charge is 0.397 e. The average molecular weight is 293 g/mol. The van der Waals surface area contributed by atoms with Crippen molar-refractivity contribution in [3.8, 4) is 0 Å². The zero-order valence-corrected chi connectivity index (χ0v) is 12.5. The number of amides is 1. The summed E-state index contributed by atoms with van der Waals surface area (Å²) in [5.41, 5.74) is 7.61. The molecule has 0 saturated carbocycles. The van der Waals surface area contributed by atoms with Gasteiger partial charge >= 0.3 is 0 Å². The second kappa shape index (κ2) is 6.19. The molecule has 108 valence electrons. The van der Waals surface area contributed by atoms with E-state index in [0.717, 1.165) is 22.2 Å². The molecule has 0 spiro atoms. The first-order chi connectivity index (χ1) is 9.54. The van der Waals surface area contributed by atoms with Crippen LogP contribution in [0, 0.1) is 6.92 Å². The number of nitrogen functional groups attached to an aromatic ring is 1. The number of nitrogens with one attached hydrogen (secondary N) is 1. The van der Waals surface area contributed by atoms with E-state index in [0.29, 0.717) is 17.0 Å². The molecule has 2 heterocycles. The number of carbonyl (C=O) groups is 1. The Morgan fingerprint density at radius 1 is 1.60 bits per heavy atom. The van der Waals surface area contributed by atoms with Gasteiger partial charge in [0.05, 0.1) is 5.69 Å². The van der Waals surface area contributed by atoms with Crippen LogP contribution >= 0.6 is 11.3 Å². The van der Waals surface area contributed by atoms with Gasteiger partial charge in [0.1, 0.15) is 9.71 Å². The quantitative estimate of drug-likeness (QED) is 0.787. The summed E-state index contributed by atoms with van der Waals surface area (Å²) in [6.45, 7) is 4.01. The molecule has 6 heteroatoms. The standard InChI is InChI=1S/C14H19N3O2S/c1-8-5-6-16-14-10(8)11(15)12(20-14)13(19)17-9(2)4-3-7-18/h5-6,9,18H,3-4,7,15H2,1-2H3,(H,17,19). The van der Waals surface area contributed by atoms with Gasteiger partial charge in [0, 0.05) is 24.2 Å². The van der Waals surface area contributed by atoms with E-state index in [-0.39, 0.29) is 18.6 Å². The molecular weight excluding hydrogens is 274 g/mol. The van der Waals surface area contributed by atoms with Crippen LogP contribution in [0.4, 0.5) is 5.69 Å². The molecule has 1 atom stereocenters. The van der Waals surface area contributed by atoms with Crippen LogP contribution in [0.15, 0.2) is 12.3 Å². The third-order valence-electron chi connectivity index (χ3n) is 3.22. The van der Waals surface area contributed by atoms with E-state index in [2.05, 4.69) is 10.3 Å². The van der Waals surface area contributed by atoms with Crippen LogP contribution in [-0.4, -0.2) is 28.6 Å². The van der Waals surface area contributed by atoms with E-state index in [9.17, 15) is 4.79 Å². The maximum absolute atomic E-state index is 12.2. The number of nitrogens with two attached hydrogens (primary N) is 1. The molecule has 2 aromatic heterocycles. The molecule has 0 aliphatic rings. The first kappa shape index (κ1) is 14.7. The van der Waals surface area contributed by atoms with Crippen LogP contribution in [-0.2, 0) is 0 Å². The molecule has 0 fully saturated rings. The lowest BCUT2D eigenvalue weighted by Crippen LogP contribution is -2.32. The molecule has 0 bridgehead atoms. The number of rotatable bonds is 5. The maximum Gasteiger partial charge on any atom is 0.263 e. The average Bonchev–Trinajstić information content (AvgIpc) is 2.75. The number of hydrogen-bond acceptors (Lipinski definition) is 5. The van der Waals surface area contributed by atoms with Gasteiger partial charge in [-0.3, -0.25) is 4.79 Å².